The molecule has 0 saturated heterocycles. The van der Waals surface area contributed by atoms with E-state index in [0.717, 1.165) is 11.3 Å². The van der Waals surface area contributed by atoms with Crippen molar-refractivity contribution in [1.82, 2.24) is 4.98 Å². The number of carbonyl (C=O) groups is 1. The first kappa shape index (κ1) is 14.3. The Kier molecular flexibility index (Phi) is 3.65. The van der Waals surface area contributed by atoms with E-state index in [-0.39, 0.29) is 10.8 Å². The Balaban J connectivity index is 2.24. The summed E-state index contributed by atoms with van der Waals surface area (Å²) < 4.78 is 30.0. The smallest absolute Gasteiger partial charge is 0.274 e. The zero-order valence-electron chi connectivity index (χ0n) is 9.64. The minimum atomic E-state index is -4.42. The largest absolute Gasteiger partial charge is 0.301 e. The van der Waals surface area contributed by atoms with Crippen LogP contribution in [0.2, 0.25) is 0 Å². The highest BCUT2D eigenvalue weighted by atomic mass is 32.2. The summed E-state index contributed by atoms with van der Waals surface area (Å²) in [6.45, 7) is 0. The summed E-state index contributed by atoms with van der Waals surface area (Å²) in [6.07, 6.45) is 0. The van der Waals surface area contributed by atoms with Gasteiger partial charge in [-0.15, -0.1) is 0 Å². The Morgan fingerprint density at radius 2 is 2.20 bits per heavy atom. The number of nitro groups is 1. The van der Waals surface area contributed by atoms with Crippen LogP contribution in [0.4, 0.5) is 10.8 Å². The normalized spacial score (nSPS) is 11.4. The number of carbonyl (C=O) groups excluding carboxylic acids is 1. The molecule has 0 bridgehead atoms. The average Bonchev–Trinajstić information content (AvgIpc) is 2.66. The van der Waals surface area contributed by atoms with Crippen molar-refractivity contribution in [2.75, 3.05) is 11.1 Å². The fourth-order valence-electron chi connectivity index (χ4n) is 1.40. The Morgan fingerprint density at radius 3 is 2.80 bits per heavy atom. The van der Waals surface area contributed by atoms with Crippen molar-refractivity contribution >= 4 is 48.4 Å². The van der Waals surface area contributed by atoms with Gasteiger partial charge in [0.2, 0.25) is 5.91 Å². The van der Waals surface area contributed by atoms with Crippen molar-refractivity contribution < 1.29 is 22.7 Å². The van der Waals surface area contributed by atoms with Gasteiger partial charge in [0, 0.05) is 12.1 Å². The molecule has 0 atom stereocenters. The topological polar surface area (TPSA) is 140 Å². The molecule has 20 heavy (non-hydrogen) atoms. The number of thiazole rings is 1. The summed E-state index contributed by atoms with van der Waals surface area (Å²) >= 11 is 0.959. The van der Waals surface area contributed by atoms with Crippen molar-refractivity contribution in [1.29, 1.82) is 0 Å². The van der Waals surface area contributed by atoms with Gasteiger partial charge in [-0.1, -0.05) is 11.3 Å². The van der Waals surface area contributed by atoms with Crippen LogP contribution in [-0.2, 0) is 14.9 Å². The van der Waals surface area contributed by atoms with Crippen molar-refractivity contribution in [3.8, 4) is 0 Å². The number of nitro benzene ring substituents is 1. The standard InChI is InChI=1S/C9H7N3O6S2/c13-8(4-20(16,17)18)11-9-10-6-2-1-5(12(14)15)3-7(6)19-9/h1-3H,4H2,(H,10,11,13)(H,16,17,18). The summed E-state index contributed by atoms with van der Waals surface area (Å²) in [5, 5.41) is 12.9. The molecular formula is C9H7N3O6S2. The molecule has 0 aliphatic rings. The molecule has 2 aromatic rings. The number of benzene rings is 1. The SMILES string of the molecule is O=C(CS(=O)(=O)O)Nc1nc2ccc([N+](=O)[O-])cc2s1. The number of rotatable bonds is 4. The monoisotopic (exact) mass is 317 g/mol. The highest BCUT2D eigenvalue weighted by Gasteiger charge is 2.15. The molecule has 11 heteroatoms. The third-order valence-electron chi connectivity index (χ3n) is 2.14. The second-order valence-electron chi connectivity index (χ2n) is 3.70. The lowest BCUT2D eigenvalue weighted by Crippen LogP contribution is -2.22. The summed E-state index contributed by atoms with van der Waals surface area (Å²) in [4.78, 5) is 25.3. The summed E-state index contributed by atoms with van der Waals surface area (Å²) in [5.41, 5.74) is 0.319. The van der Waals surface area contributed by atoms with E-state index < -0.39 is 26.7 Å². The van der Waals surface area contributed by atoms with E-state index in [9.17, 15) is 23.3 Å². The molecule has 0 aliphatic heterocycles. The lowest BCUT2D eigenvalue weighted by atomic mass is 10.3. The number of fused-ring (bicyclic) bond motifs is 1. The van der Waals surface area contributed by atoms with E-state index in [1.165, 1.54) is 18.2 Å². The van der Waals surface area contributed by atoms with Gasteiger partial charge >= 0.3 is 0 Å². The van der Waals surface area contributed by atoms with Gasteiger partial charge in [0.25, 0.3) is 15.8 Å². The summed E-state index contributed by atoms with van der Waals surface area (Å²) in [6, 6.07) is 3.99. The van der Waals surface area contributed by atoms with E-state index >= 15 is 0 Å². The van der Waals surface area contributed by atoms with E-state index in [2.05, 4.69) is 10.3 Å². The number of non-ortho nitro benzene ring substituents is 1. The number of anilines is 1. The van der Waals surface area contributed by atoms with Gasteiger partial charge in [-0.05, 0) is 6.07 Å². The van der Waals surface area contributed by atoms with E-state index in [1.54, 1.807) is 0 Å². The molecule has 0 unspecified atom stereocenters. The number of nitrogens with zero attached hydrogens (tertiary/aromatic N) is 2. The summed E-state index contributed by atoms with van der Waals surface area (Å²) in [7, 11) is -4.42. The predicted octanol–water partition coefficient (Wildman–Crippen LogP) is 1.03. The van der Waals surface area contributed by atoms with Crippen LogP contribution in [0.5, 0.6) is 0 Å². The molecule has 1 aromatic carbocycles. The van der Waals surface area contributed by atoms with E-state index in [1.807, 2.05) is 0 Å². The van der Waals surface area contributed by atoms with E-state index in [0.29, 0.717) is 10.2 Å². The Labute approximate surface area is 116 Å². The molecule has 0 radical (unpaired) electrons. The first-order valence-electron chi connectivity index (χ1n) is 5.04. The van der Waals surface area contributed by atoms with Crippen LogP contribution in [0.25, 0.3) is 10.2 Å². The maximum absolute atomic E-state index is 11.3. The zero-order valence-corrected chi connectivity index (χ0v) is 11.3. The van der Waals surface area contributed by atoms with Crippen LogP contribution in [0, 0.1) is 10.1 Å². The fourth-order valence-corrected chi connectivity index (χ4v) is 2.72. The number of amides is 1. The van der Waals surface area contributed by atoms with Crippen LogP contribution in [0.1, 0.15) is 0 Å². The molecule has 0 spiro atoms. The third-order valence-corrected chi connectivity index (χ3v) is 3.70. The Hall–Kier alpha value is -2.11. The predicted molar refractivity (Wildman–Crippen MR) is 71.3 cm³/mol. The lowest BCUT2D eigenvalue weighted by molar-refractivity contribution is -0.384. The van der Waals surface area contributed by atoms with Gasteiger partial charge in [0.1, 0.15) is 0 Å². The molecule has 0 saturated carbocycles. The van der Waals surface area contributed by atoms with Gasteiger partial charge in [0.15, 0.2) is 10.9 Å². The van der Waals surface area contributed by atoms with Crippen molar-refractivity contribution in [3.05, 3.63) is 28.3 Å². The van der Waals surface area contributed by atoms with Crippen LogP contribution in [0.15, 0.2) is 18.2 Å². The van der Waals surface area contributed by atoms with Crippen LogP contribution >= 0.6 is 11.3 Å². The third kappa shape index (κ3) is 3.46. The van der Waals surface area contributed by atoms with Crippen LogP contribution < -0.4 is 5.32 Å². The zero-order chi connectivity index (χ0) is 14.9. The number of nitrogens with one attached hydrogen (secondary N) is 1. The van der Waals surface area contributed by atoms with Crippen LogP contribution in [0.3, 0.4) is 0 Å². The van der Waals surface area contributed by atoms with Gasteiger partial charge in [-0.2, -0.15) is 8.42 Å². The molecule has 1 heterocycles. The van der Waals surface area contributed by atoms with Crippen molar-refractivity contribution in [3.63, 3.8) is 0 Å². The summed E-state index contributed by atoms with van der Waals surface area (Å²) in [5.74, 6) is -2.02. The molecule has 2 N–H and O–H groups in total. The number of hydrogen-bond donors (Lipinski definition) is 2. The molecular weight excluding hydrogens is 310 g/mol. The number of aromatic nitrogens is 1. The fraction of sp³-hybridized carbons (Fsp3) is 0.111. The maximum atomic E-state index is 11.3. The average molecular weight is 317 g/mol. The molecule has 0 aliphatic carbocycles. The Morgan fingerprint density at radius 1 is 1.50 bits per heavy atom. The Bertz CT molecular complexity index is 797. The van der Waals surface area contributed by atoms with Gasteiger partial charge in [-0.25, -0.2) is 4.98 Å². The lowest BCUT2D eigenvalue weighted by Gasteiger charge is -1.97. The van der Waals surface area contributed by atoms with Crippen LogP contribution in [-0.4, -0.2) is 34.5 Å². The van der Waals surface area contributed by atoms with E-state index in [4.69, 9.17) is 4.55 Å². The first-order valence-corrected chi connectivity index (χ1v) is 7.47. The first-order chi connectivity index (χ1) is 9.24. The molecule has 2 rings (SSSR count). The minimum Gasteiger partial charge on any atom is -0.301 e. The second kappa shape index (κ2) is 5.11. The minimum absolute atomic E-state index is 0.0918. The number of hydrogen-bond acceptors (Lipinski definition) is 7. The van der Waals surface area contributed by atoms with Crippen molar-refractivity contribution in [2.45, 2.75) is 0 Å². The van der Waals surface area contributed by atoms with Gasteiger partial charge in [-0.3, -0.25) is 19.5 Å². The molecule has 9 nitrogen and oxygen atoms in total. The van der Waals surface area contributed by atoms with Gasteiger partial charge < -0.3 is 5.32 Å². The van der Waals surface area contributed by atoms with Crippen molar-refractivity contribution in [2.24, 2.45) is 0 Å². The molecule has 1 aromatic heterocycles. The highest BCUT2D eigenvalue weighted by Crippen LogP contribution is 2.29. The second-order valence-corrected chi connectivity index (χ2v) is 6.19. The molecule has 106 valence electrons. The maximum Gasteiger partial charge on any atom is 0.274 e. The van der Waals surface area contributed by atoms with Gasteiger partial charge in [0.05, 0.1) is 15.1 Å². The molecule has 1 amide bonds. The highest BCUT2D eigenvalue weighted by molar-refractivity contribution is 7.86. The quantitative estimate of drug-likeness (QED) is 0.487. The molecule has 0 fully saturated rings.